The zero-order valence-corrected chi connectivity index (χ0v) is 29.4. The van der Waals surface area contributed by atoms with Gasteiger partial charge in [0.25, 0.3) is 0 Å². The van der Waals surface area contributed by atoms with E-state index in [9.17, 15) is 22.6 Å². The highest BCUT2D eigenvalue weighted by molar-refractivity contribution is 7.85. The molecule has 2 fully saturated rings. The number of nitrogens with zero attached hydrogens (tertiary/aromatic N) is 2. The summed E-state index contributed by atoms with van der Waals surface area (Å²) in [6.45, 7) is 15.7. The molecule has 2 amide bonds. The largest absolute Gasteiger partial charge is 0.748 e. The minimum atomic E-state index is -3.91. The van der Waals surface area contributed by atoms with Crippen molar-refractivity contribution in [3.05, 3.63) is 59.7 Å². The highest BCUT2D eigenvalue weighted by Gasteiger charge is 2.29. The van der Waals surface area contributed by atoms with Crippen LogP contribution in [0.4, 0.5) is 21.0 Å². The standard InChI is InChI=1S/2C16H24N2O2.C2H6O3S/c2*1-16(2,3)20-15(19)18-10-4-5-13(11-18)12-6-8-14(17)9-7-12;1-2-6(3,4)5/h2*6-9,13H,4-5,10-11,17H2,1-3H3;2H2,1H3,(H,3,4,5)/t2*13-;/m11./s1. The first-order valence-corrected chi connectivity index (χ1v) is 17.5. The van der Waals surface area contributed by atoms with E-state index >= 15 is 0 Å². The molecule has 0 radical (unpaired) electrons. The Hall–Kier alpha value is -3.35. The predicted molar refractivity (Wildman–Crippen MR) is 180 cm³/mol. The fourth-order valence-electron chi connectivity index (χ4n) is 5.04. The lowest BCUT2D eigenvalue weighted by Crippen LogP contribution is -2.42. The first-order chi connectivity index (χ1) is 21.3. The molecule has 2 aliphatic heterocycles. The molecule has 2 atom stereocenters. The first-order valence-electron chi connectivity index (χ1n) is 15.9. The van der Waals surface area contributed by atoms with Crippen molar-refractivity contribution in [2.24, 2.45) is 0 Å². The number of likely N-dealkylation sites (tertiary alicyclic amines) is 2. The Morgan fingerprint density at radius 1 is 0.804 bits per heavy atom. The van der Waals surface area contributed by atoms with Gasteiger partial charge in [0, 0.05) is 49.5 Å². The van der Waals surface area contributed by atoms with E-state index in [4.69, 9.17) is 15.2 Å². The number of quaternary nitrogens is 1. The van der Waals surface area contributed by atoms with Crippen molar-refractivity contribution in [1.29, 1.82) is 0 Å². The molecule has 0 aromatic heterocycles. The van der Waals surface area contributed by atoms with Gasteiger partial charge < -0.3 is 35.3 Å². The number of anilines is 1. The third-order valence-corrected chi connectivity index (χ3v) is 8.07. The average Bonchev–Trinajstić information content (AvgIpc) is 2.97. The number of rotatable bonds is 3. The van der Waals surface area contributed by atoms with E-state index in [0.717, 1.165) is 63.2 Å². The van der Waals surface area contributed by atoms with Crippen LogP contribution in [0.3, 0.4) is 0 Å². The fourth-order valence-corrected chi connectivity index (χ4v) is 5.04. The molecule has 0 bridgehead atoms. The van der Waals surface area contributed by atoms with E-state index < -0.39 is 21.3 Å². The van der Waals surface area contributed by atoms with Gasteiger partial charge in [0.2, 0.25) is 0 Å². The predicted octanol–water partition coefficient (Wildman–Crippen LogP) is 5.61. The number of benzene rings is 2. The summed E-state index contributed by atoms with van der Waals surface area (Å²) in [4.78, 5) is 27.9. The molecule has 46 heavy (non-hydrogen) atoms. The number of hydrogen-bond acceptors (Lipinski definition) is 8. The summed E-state index contributed by atoms with van der Waals surface area (Å²) >= 11 is 0. The Balaban J connectivity index is 0.000000273. The summed E-state index contributed by atoms with van der Waals surface area (Å²) in [5, 5.41) is 0. The van der Waals surface area contributed by atoms with Crippen molar-refractivity contribution >= 4 is 33.7 Å². The van der Waals surface area contributed by atoms with Gasteiger partial charge in [-0.15, -0.1) is 0 Å². The second-order valence-corrected chi connectivity index (χ2v) is 15.5. The molecule has 12 heteroatoms. The van der Waals surface area contributed by atoms with Crippen LogP contribution >= 0.6 is 0 Å². The van der Waals surface area contributed by atoms with Crippen LogP contribution in [0.15, 0.2) is 48.5 Å². The minimum Gasteiger partial charge on any atom is -0.748 e. The minimum absolute atomic E-state index is 0.198. The summed E-state index contributed by atoms with van der Waals surface area (Å²) in [6.07, 6.45) is 3.84. The van der Waals surface area contributed by atoms with Crippen molar-refractivity contribution in [2.45, 2.75) is 97.2 Å². The molecule has 258 valence electrons. The number of hydrogen-bond donors (Lipinski definition) is 2. The van der Waals surface area contributed by atoms with E-state index in [2.05, 4.69) is 30.0 Å². The molecule has 0 saturated carbocycles. The van der Waals surface area contributed by atoms with Gasteiger partial charge in [-0.3, -0.25) is 0 Å². The van der Waals surface area contributed by atoms with Gasteiger partial charge in [0.1, 0.15) is 16.9 Å². The number of carbonyl (C=O) groups excluding carboxylic acids is 2. The molecule has 2 aromatic carbocycles. The van der Waals surface area contributed by atoms with Crippen molar-refractivity contribution in [2.75, 3.05) is 37.7 Å². The Bertz CT molecular complexity index is 1260. The summed E-state index contributed by atoms with van der Waals surface area (Å²) in [7, 11) is -3.91. The van der Waals surface area contributed by atoms with Crippen LogP contribution < -0.4 is 11.5 Å². The van der Waals surface area contributed by atoms with E-state index in [1.807, 2.05) is 75.6 Å². The summed E-state index contributed by atoms with van der Waals surface area (Å²) in [5.74, 6) is 0.459. The number of nitrogens with two attached hydrogens (primary N) is 1. The van der Waals surface area contributed by atoms with Gasteiger partial charge >= 0.3 is 12.2 Å². The molecule has 0 aliphatic carbocycles. The fraction of sp³-hybridized carbons (Fsp3) is 0.588. The monoisotopic (exact) mass is 662 g/mol. The number of piperidine rings is 2. The molecule has 0 spiro atoms. The van der Waals surface area contributed by atoms with Crippen LogP contribution in [-0.2, 0) is 19.6 Å². The number of carbonyl (C=O) groups is 2. The smallest absolute Gasteiger partial charge is 0.410 e. The van der Waals surface area contributed by atoms with Crippen LogP contribution in [0.5, 0.6) is 0 Å². The van der Waals surface area contributed by atoms with Crippen LogP contribution in [0.1, 0.15) is 97.1 Å². The third kappa shape index (κ3) is 14.8. The van der Waals surface area contributed by atoms with Gasteiger partial charge in [-0.05, 0) is 103 Å². The van der Waals surface area contributed by atoms with Gasteiger partial charge in [-0.25, -0.2) is 18.0 Å². The maximum atomic E-state index is 12.1. The summed E-state index contributed by atoms with van der Waals surface area (Å²) < 4.78 is 39.2. The molecule has 2 saturated heterocycles. The zero-order chi connectivity index (χ0) is 34.7. The summed E-state index contributed by atoms with van der Waals surface area (Å²) in [6, 6.07) is 16.2. The lowest BCUT2D eigenvalue weighted by molar-refractivity contribution is -0.254. The van der Waals surface area contributed by atoms with Gasteiger partial charge in [-0.2, -0.15) is 0 Å². The highest BCUT2D eigenvalue weighted by Crippen LogP contribution is 2.29. The Morgan fingerprint density at radius 2 is 1.15 bits per heavy atom. The molecular weight excluding hydrogens is 608 g/mol. The number of amides is 2. The van der Waals surface area contributed by atoms with Gasteiger partial charge in [-0.1, -0.05) is 31.2 Å². The van der Waals surface area contributed by atoms with E-state index in [1.54, 1.807) is 0 Å². The molecule has 5 N–H and O–H groups in total. The Labute approximate surface area is 275 Å². The maximum absolute atomic E-state index is 12.1. The molecule has 2 heterocycles. The summed E-state index contributed by atoms with van der Waals surface area (Å²) in [5.41, 5.74) is 13.1. The molecule has 0 unspecified atom stereocenters. The normalized spacial score (nSPS) is 18.7. The van der Waals surface area contributed by atoms with Crippen molar-refractivity contribution in [3.63, 3.8) is 0 Å². The highest BCUT2D eigenvalue weighted by atomic mass is 32.2. The Kier molecular flexibility index (Phi) is 14.3. The lowest BCUT2D eigenvalue weighted by Gasteiger charge is -2.34. The second kappa shape index (κ2) is 17.0. The molecule has 11 nitrogen and oxygen atoms in total. The van der Waals surface area contributed by atoms with E-state index in [0.29, 0.717) is 11.8 Å². The van der Waals surface area contributed by atoms with Crippen LogP contribution in [0.25, 0.3) is 0 Å². The third-order valence-electron chi connectivity index (χ3n) is 7.36. The molecular formula is C34H54N4O7S. The van der Waals surface area contributed by atoms with Crippen molar-refractivity contribution < 1.29 is 37.8 Å². The van der Waals surface area contributed by atoms with Crippen molar-refractivity contribution in [3.8, 4) is 0 Å². The molecule has 2 aliphatic rings. The van der Waals surface area contributed by atoms with E-state index in [-0.39, 0.29) is 17.9 Å². The van der Waals surface area contributed by atoms with Gasteiger partial charge in [0.15, 0.2) is 0 Å². The average molecular weight is 663 g/mol. The van der Waals surface area contributed by atoms with E-state index in [1.165, 1.54) is 18.1 Å². The molecule has 2 aromatic rings. The second-order valence-electron chi connectivity index (χ2n) is 13.8. The SMILES string of the molecule is CC(C)(C)OC(=O)N1CCC[C@@H](c2ccc(N)cc2)C1.CC(C)(C)OC(=O)N1CCC[C@@H](c2ccc([NH3+])cc2)C1.CCS(=O)(=O)[O-]. The molecule has 4 rings (SSSR count). The lowest BCUT2D eigenvalue weighted by atomic mass is 9.91. The van der Waals surface area contributed by atoms with Crippen LogP contribution in [0, 0.1) is 0 Å². The number of nitrogen functional groups attached to an aromatic ring is 1. The van der Waals surface area contributed by atoms with Crippen LogP contribution in [-0.4, -0.2) is 78.1 Å². The van der Waals surface area contributed by atoms with Crippen molar-refractivity contribution in [1.82, 2.24) is 9.80 Å². The quantitative estimate of drug-likeness (QED) is 0.316. The van der Waals surface area contributed by atoms with Gasteiger partial charge in [0.05, 0.1) is 10.1 Å². The Morgan fingerprint density at radius 3 is 1.48 bits per heavy atom. The van der Waals surface area contributed by atoms with Crippen LogP contribution in [0.2, 0.25) is 0 Å². The first kappa shape index (κ1) is 38.8. The maximum Gasteiger partial charge on any atom is 0.410 e. The topological polar surface area (TPSA) is 170 Å². The number of ether oxygens (including phenoxy) is 2. The zero-order valence-electron chi connectivity index (χ0n) is 28.6.